The Morgan fingerprint density at radius 1 is 0.789 bits per heavy atom. The summed E-state index contributed by atoms with van der Waals surface area (Å²) in [6.07, 6.45) is -1.09. The number of hydrogen-bond donors (Lipinski definition) is 0. The number of methoxy groups -OCH3 is 1. The third-order valence-electron chi connectivity index (χ3n) is 2.83. The van der Waals surface area contributed by atoms with E-state index < -0.39 is 6.10 Å². The van der Waals surface area contributed by atoms with Crippen LogP contribution in [0.3, 0.4) is 0 Å². The van der Waals surface area contributed by atoms with Crippen molar-refractivity contribution in [1.29, 1.82) is 0 Å². The van der Waals surface area contributed by atoms with Crippen molar-refractivity contribution in [2.45, 2.75) is 6.10 Å². The summed E-state index contributed by atoms with van der Waals surface area (Å²) in [5.74, 6) is -0.645. The highest BCUT2D eigenvalue weighted by Gasteiger charge is 2.27. The predicted octanol–water partition coefficient (Wildman–Crippen LogP) is 2.77. The zero-order chi connectivity index (χ0) is 13.7. The molecule has 0 spiro atoms. The molecule has 3 heteroatoms. The number of Topliss-reactive ketones (excluding diaryl/α,β-unsaturated/α-hetero) is 2. The van der Waals surface area contributed by atoms with Gasteiger partial charge in [-0.1, -0.05) is 60.7 Å². The van der Waals surface area contributed by atoms with Gasteiger partial charge in [-0.05, 0) is 0 Å². The molecular weight excluding hydrogens is 240 g/mol. The maximum atomic E-state index is 12.2. The van der Waals surface area contributed by atoms with Crippen LogP contribution in [0.2, 0.25) is 0 Å². The molecule has 0 fully saturated rings. The normalized spacial score (nSPS) is 10.4. The van der Waals surface area contributed by atoms with Crippen molar-refractivity contribution in [3.63, 3.8) is 0 Å². The molecule has 0 unspecified atom stereocenters. The second-order valence-corrected chi connectivity index (χ2v) is 4.08. The second kappa shape index (κ2) is 6.07. The number of hydrogen-bond acceptors (Lipinski definition) is 3. The van der Waals surface area contributed by atoms with E-state index in [2.05, 4.69) is 0 Å². The minimum Gasteiger partial charge on any atom is -0.365 e. The van der Waals surface area contributed by atoms with E-state index in [4.69, 9.17) is 4.74 Å². The lowest BCUT2D eigenvalue weighted by atomic mass is 9.98. The number of carbonyl (C=O) groups excluding carboxylic acids is 2. The first-order valence-electron chi connectivity index (χ1n) is 5.95. The third kappa shape index (κ3) is 2.95. The minimum atomic E-state index is -1.09. The average molecular weight is 254 g/mol. The molecular formula is C16H14O3. The van der Waals surface area contributed by atoms with Gasteiger partial charge in [0.25, 0.3) is 0 Å². The van der Waals surface area contributed by atoms with Gasteiger partial charge < -0.3 is 4.74 Å². The van der Waals surface area contributed by atoms with E-state index >= 15 is 0 Å². The Balaban J connectivity index is 2.26. The molecule has 2 aromatic rings. The Morgan fingerprint density at radius 2 is 1.16 bits per heavy atom. The molecule has 0 aliphatic rings. The van der Waals surface area contributed by atoms with Crippen LogP contribution in [-0.4, -0.2) is 24.8 Å². The number of benzene rings is 2. The van der Waals surface area contributed by atoms with Crippen molar-refractivity contribution in [2.75, 3.05) is 7.11 Å². The second-order valence-electron chi connectivity index (χ2n) is 4.08. The van der Waals surface area contributed by atoms with E-state index in [1.807, 2.05) is 12.1 Å². The highest BCUT2D eigenvalue weighted by molar-refractivity contribution is 6.18. The van der Waals surface area contributed by atoms with Crippen LogP contribution in [0, 0.1) is 0 Å². The Labute approximate surface area is 111 Å². The van der Waals surface area contributed by atoms with Crippen LogP contribution in [-0.2, 0) is 4.74 Å². The fraction of sp³-hybridized carbons (Fsp3) is 0.125. The molecule has 0 amide bonds. The number of ketones is 2. The molecule has 0 N–H and O–H groups in total. The summed E-state index contributed by atoms with van der Waals surface area (Å²) in [5, 5.41) is 0. The number of carbonyl (C=O) groups is 2. The van der Waals surface area contributed by atoms with Crippen LogP contribution in [0.1, 0.15) is 20.7 Å². The summed E-state index contributed by atoms with van der Waals surface area (Å²) >= 11 is 0. The third-order valence-corrected chi connectivity index (χ3v) is 2.83. The molecule has 0 heterocycles. The minimum absolute atomic E-state index is 0.322. The van der Waals surface area contributed by atoms with Gasteiger partial charge in [0.05, 0.1) is 0 Å². The van der Waals surface area contributed by atoms with Crippen LogP contribution in [0.25, 0.3) is 0 Å². The molecule has 0 aliphatic carbocycles. The lowest BCUT2D eigenvalue weighted by molar-refractivity contribution is 0.0513. The lowest BCUT2D eigenvalue weighted by Gasteiger charge is -2.13. The predicted molar refractivity (Wildman–Crippen MR) is 72.3 cm³/mol. The molecule has 96 valence electrons. The average Bonchev–Trinajstić information content (AvgIpc) is 2.49. The van der Waals surface area contributed by atoms with Gasteiger partial charge >= 0.3 is 0 Å². The van der Waals surface area contributed by atoms with E-state index in [9.17, 15) is 9.59 Å². The van der Waals surface area contributed by atoms with Gasteiger partial charge in [0.15, 0.2) is 17.7 Å². The fourth-order valence-corrected chi connectivity index (χ4v) is 1.84. The molecule has 0 radical (unpaired) electrons. The van der Waals surface area contributed by atoms with Gasteiger partial charge in [0.1, 0.15) is 0 Å². The Morgan fingerprint density at radius 3 is 1.47 bits per heavy atom. The molecule has 0 bridgehead atoms. The summed E-state index contributed by atoms with van der Waals surface area (Å²) < 4.78 is 5.08. The van der Waals surface area contributed by atoms with Crippen molar-refractivity contribution in [3.8, 4) is 0 Å². The fourth-order valence-electron chi connectivity index (χ4n) is 1.84. The van der Waals surface area contributed by atoms with E-state index in [0.29, 0.717) is 11.1 Å². The Kier molecular flexibility index (Phi) is 4.21. The molecule has 0 saturated carbocycles. The summed E-state index contributed by atoms with van der Waals surface area (Å²) in [5.41, 5.74) is 0.942. The van der Waals surface area contributed by atoms with E-state index in [1.54, 1.807) is 48.5 Å². The first-order chi connectivity index (χ1) is 9.24. The molecule has 3 nitrogen and oxygen atoms in total. The molecule has 0 aromatic heterocycles. The van der Waals surface area contributed by atoms with Gasteiger partial charge in [0.2, 0.25) is 0 Å². The highest BCUT2D eigenvalue weighted by Crippen LogP contribution is 2.12. The molecule has 0 aliphatic heterocycles. The number of ether oxygens (including phenoxy) is 1. The van der Waals surface area contributed by atoms with Crippen molar-refractivity contribution in [3.05, 3.63) is 71.8 Å². The van der Waals surface area contributed by atoms with Crippen LogP contribution in [0.15, 0.2) is 60.7 Å². The Bertz CT molecular complexity index is 510. The molecule has 2 aromatic carbocycles. The van der Waals surface area contributed by atoms with Crippen molar-refractivity contribution >= 4 is 11.6 Å². The van der Waals surface area contributed by atoms with E-state index in [-0.39, 0.29) is 11.6 Å². The van der Waals surface area contributed by atoms with E-state index in [1.165, 1.54) is 7.11 Å². The van der Waals surface area contributed by atoms with Gasteiger partial charge in [-0.25, -0.2) is 0 Å². The first kappa shape index (κ1) is 13.2. The lowest BCUT2D eigenvalue weighted by Crippen LogP contribution is -2.32. The van der Waals surface area contributed by atoms with Gasteiger partial charge in [-0.15, -0.1) is 0 Å². The largest absolute Gasteiger partial charge is 0.365 e. The maximum Gasteiger partial charge on any atom is 0.199 e. The van der Waals surface area contributed by atoms with Crippen molar-refractivity contribution in [2.24, 2.45) is 0 Å². The Hall–Kier alpha value is -2.26. The quantitative estimate of drug-likeness (QED) is 0.608. The summed E-state index contributed by atoms with van der Waals surface area (Å²) in [7, 11) is 1.37. The van der Waals surface area contributed by atoms with Crippen LogP contribution < -0.4 is 0 Å². The topological polar surface area (TPSA) is 43.4 Å². The summed E-state index contributed by atoms with van der Waals surface area (Å²) in [4.78, 5) is 24.5. The van der Waals surface area contributed by atoms with Crippen LogP contribution >= 0.6 is 0 Å². The monoisotopic (exact) mass is 254 g/mol. The van der Waals surface area contributed by atoms with Gasteiger partial charge in [-0.3, -0.25) is 9.59 Å². The first-order valence-corrected chi connectivity index (χ1v) is 5.95. The highest BCUT2D eigenvalue weighted by atomic mass is 16.5. The van der Waals surface area contributed by atoms with E-state index in [0.717, 1.165) is 0 Å². The zero-order valence-corrected chi connectivity index (χ0v) is 10.6. The van der Waals surface area contributed by atoms with Crippen molar-refractivity contribution in [1.82, 2.24) is 0 Å². The maximum absolute atomic E-state index is 12.2. The van der Waals surface area contributed by atoms with Crippen molar-refractivity contribution < 1.29 is 14.3 Å². The molecule has 19 heavy (non-hydrogen) atoms. The van der Waals surface area contributed by atoms with Crippen LogP contribution in [0.5, 0.6) is 0 Å². The smallest absolute Gasteiger partial charge is 0.199 e. The van der Waals surface area contributed by atoms with Gasteiger partial charge in [-0.2, -0.15) is 0 Å². The molecule has 2 rings (SSSR count). The summed E-state index contributed by atoms with van der Waals surface area (Å²) in [6.45, 7) is 0. The van der Waals surface area contributed by atoms with Gasteiger partial charge in [0, 0.05) is 18.2 Å². The van der Waals surface area contributed by atoms with Crippen LogP contribution in [0.4, 0.5) is 0 Å². The summed E-state index contributed by atoms with van der Waals surface area (Å²) in [6, 6.07) is 17.4. The SMILES string of the molecule is COC(C(=O)c1ccccc1)C(=O)c1ccccc1. The molecule has 0 atom stereocenters. The standard InChI is InChI=1S/C16H14O3/c1-19-16(14(17)12-8-4-2-5-9-12)15(18)13-10-6-3-7-11-13/h2-11,16H,1H3. The zero-order valence-electron chi connectivity index (χ0n) is 10.6. The molecule has 0 saturated heterocycles. The number of rotatable bonds is 5.